The molecule has 3 rings (SSSR count). The van der Waals surface area contributed by atoms with E-state index in [2.05, 4.69) is 27.9 Å². The topological polar surface area (TPSA) is 59.0 Å². The van der Waals surface area contributed by atoms with Gasteiger partial charge in [0.25, 0.3) is 0 Å². The highest BCUT2D eigenvalue weighted by Gasteiger charge is 2.25. The van der Waals surface area contributed by atoms with Gasteiger partial charge in [0, 0.05) is 24.1 Å². The molecular formula is C16H20N4O. The molecule has 1 aromatic heterocycles. The Bertz CT molecular complexity index is 604. The van der Waals surface area contributed by atoms with E-state index >= 15 is 0 Å². The van der Waals surface area contributed by atoms with E-state index in [4.69, 9.17) is 0 Å². The quantitative estimate of drug-likeness (QED) is 0.853. The molecule has 2 N–H and O–H groups in total. The smallest absolute Gasteiger partial charge is 0.242 e. The van der Waals surface area contributed by atoms with Gasteiger partial charge >= 0.3 is 0 Å². The van der Waals surface area contributed by atoms with Gasteiger partial charge in [0.2, 0.25) is 5.91 Å². The van der Waals surface area contributed by atoms with E-state index in [1.54, 1.807) is 6.20 Å². The Morgan fingerprint density at radius 2 is 2.29 bits per heavy atom. The monoisotopic (exact) mass is 284 g/mol. The van der Waals surface area contributed by atoms with Gasteiger partial charge in [-0.15, -0.1) is 0 Å². The summed E-state index contributed by atoms with van der Waals surface area (Å²) >= 11 is 0. The molecule has 0 spiro atoms. The van der Waals surface area contributed by atoms with E-state index in [1.807, 2.05) is 36.0 Å². The summed E-state index contributed by atoms with van der Waals surface area (Å²) in [5.41, 5.74) is 2.11. The highest BCUT2D eigenvalue weighted by molar-refractivity contribution is 5.84. The van der Waals surface area contributed by atoms with Crippen molar-refractivity contribution >= 4 is 11.6 Å². The lowest BCUT2D eigenvalue weighted by molar-refractivity contribution is -0.121. The number of nitrogens with one attached hydrogen (secondary N) is 2. The Hall–Kier alpha value is -2.30. The van der Waals surface area contributed by atoms with Crippen molar-refractivity contribution in [2.45, 2.75) is 38.4 Å². The van der Waals surface area contributed by atoms with Crippen LogP contribution in [0.2, 0.25) is 0 Å². The van der Waals surface area contributed by atoms with Crippen LogP contribution in [0.15, 0.2) is 42.7 Å². The fraction of sp³-hybridized carbons (Fsp3) is 0.375. The fourth-order valence-corrected chi connectivity index (χ4v) is 2.21. The maximum absolute atomic E-state index is 12.0. The van der Waals surface area contributed by atoms with Crippen LogP contribution in [0, 0.1) is 0 Å². The molecule has 1 atom stereocenters. The Morgan fingerprint density at radius 3 is 3.00 bits per heavy atom. The third-order valence-electron chi connectivity index (χ3n) is 3.53. The summed E-state index contributed by atoms with van der Waals surface area (Å²) in [6.45, 7) is 2.61. The van der Waals surface area contributed by atoms with Crippen LogP contribution < -0.4 is 10.6 Å². The number of aromatic nitrogens is 2. The van der Waals surface area contributed by atoms with Gasteiger partial charge in [-0.1, -0.05) is 12.1 Å². The second kappa shape index (κ2) is 5.99. The van der Waals surface area contributed by atoms with Crippen molar-refractivity contribution in [1.82, 2.24) is 15.1 Å². The molecule has 1 unspecified atom stereocenters. The molecule has 1 saturated carbocycles. The summed E-state index contributed by atoms with van der Waals surface area (Å²) in [4.78, 5) is 12.0. The van der Waals surface area contributed by atoms with E-state index in [1.165, 1.54) is 0 Å². The van der Waals surface area contributed by atoms with Crippen LogP contribution in [0.1, 0.15) is 25.3 Å². The van der Waals surface area contributed by atoms with Crippen molar-refractivity contribution in [1.29, 1.82) is 0 Å². The molecular weight excluding hydrogens is 264 g/mol. The van der Waals surface area contributed by atoms with Crippen LogP contribution in [0.25, 0.3) is 0 Å². The van der Waals surface area contributed by atoms with Gasteiger partial charge < -0.3 is 10.6 Å². The highest BCUT2D eigenvalue weighted by atomic mass is 16.2. The minimum absolute atomic E-state index is 0.0648. The van der Waals surface area contributed by atoms with E-state index < -0.39 is 0 Å². The van der Waals surface area contributed by atoms with Gasteiger partial charge in [0.1, 0.15) is 6.04 Å². The fourth-order valence-electron chi connectivity index (χ4n) is 2.21. The average molecular weight is 284 g/mol. The number of hydrogen-bond donors (Lipinski definition) is 2. The van der Waals surface area contributed by atoms with Crippen molar-refractivity contribution in [2.24, 2.45) is 0 Å². The molecule has 1 amide bonds. The number of hydrogen-bond acceptors (Lipinski definition) is 3. The molecule has 110 valence electrons. The first-order chi connectivity index (χ1) is 10.2. The molecule has 1 heterocycles. The third kappa shape index (κ3) is 3.84. The maximum Gasteiger partial charge on any atom is 0.242 e. The van der Waals surface area contributed by atoms with Crippen molar-refractivity contribution in [2.75, 3.05) is 5.32 Å². The number of carbonyl (C=O) groups is 1. The van der Waals surface area contributed by atoms with Crippen LogP contribution in [-0.2, 0) is 11.3 Å². The van der Waals surface area contributed by atoms with E-state index in [-0.39, 0.29) is 11.9 Å². The zero-order valence-corrected chi connectivity index (χ0v) is 12.1. The number of benzene rings is 1. The second-order valence-electron chi connectivity index (χ2n) is 5.55. The van der Waals surface area contributed by atoms with Gasteiger partial charge in [-0.05, 0) is 43.5 Å². The van der Waals surface area contributed by atoms with Crippen LogP contribution in [-0.4, -0.2) is 27.8 Å². The molecule has 1 aliphatic rings. The summed E-state index contributed by atoms with van der Waals surface area (Å²) in [6, 6.07) is 10.2. The number of anilines is 1. The van der Waals surface area contributed by atoms with Gasteiger partial charge in [-0.25, -0.2) is 0 Å². The standard InChI is InChI=1S/C16H20N4O/c1-12(16(21)19-14-6-7-14)18-15-5-2-4-13(10-15)11-20-9-3-8-17-20/h2-5,8-10,12,14,18H,6-7,11H2,1H3,(H,19,21). The molecule has 0 radical (unpaired) electrons. The van der Waals surface area contributed by atoms with E-state index in [9.17, 15) is 4.79 Å². The van der Waals surface area contributed by atoms with E-state index in [0.717, 1.165) is 30.6 Å². The Labute approximate surface area is 124 Å². The molecule has 0 aliphatic heterocycles. The highest BCUT2D eigenvalue weighted by Crippen LogP contribution is 2.19. The lowest BCUT2D eigenvalue weighted by Gasteiger charge is -2.15. The molecule has 0 saturated heterocycles. The number of nitrogens with zero attached hydrogens (tertiary/aromatic N) is 2. The molecule has 1 aromatic carbocycles. The number of carbonyl (C=O) groups excluding carboxylic acids is 1. The zero-order valence-electron chi connectivity index (χ0n) is 12.1. The van der Waals surface area contributed by atoms with Crippen LogP contribution in [0.5, 0.6) is 0 Å². The molecule has 2 aromatic rings. The molecule has 21 heavy (non-hydrogen) atoms. The summed E-state index contributed by atoms with van der Waals surface area (Å²) in [5.74, 6) is 0.0648. The summed E-state index contributed by atoms with van der Waals surface area (Å²) in [7, 11) is 0. The van der Waals surface area contributed by atoms with Gasteiger partial charge in [0.05, 0.1) is 6.54 Å². The van der Waals surface area contributed by atoms with Crippen LogP contribution in [0.3, 0.4) is 0 Å². The first-order valence-electron chi connectivity index (χ1n) is 7.34. The molecule has 1 fully saturated rings. The van der Waals surface area contributed by atoms with Crippen LogP contribution >= 0.6 is 0 Å². The predicted molar refractivity (Wildman–Crippen MR) is 82.0 cm³/mol. The van der Waals surface area contributed by atoms with Crippen LogP contribution in [0.4, 0.5) is 5.69 Å². The molecule has 0 bridgehead atoms. The summed E-state index contributed by atoms with van der Waals surface area (Å²) < 4.78 is 1.88. The SMILES string of the molecule is CC(Nc1cccc(Cn2cccn2)c1)C(=O)NC1CC1. The Balaban J connectivity index is 1.60. The summed E-state index contributed by atoms with van der Waals surface area (Å²) in [6.07, 6.45) is 5.92. The Kier molecular flexibility index (Phi) is 3.90. The van der Waals surface area contributed by atoms with Crippen molar-refractivity contribution in [3.63, 3.8) is 0 Å². The van der Waals surface area contributed by atoms with Gasteiger partial charge in [-0.2, -0.15) is 5.10 Å². The van der Waals surface area contributed by atoms with Gasteiger partial charge in [-0.3, -0.25) is 9.48 Å². The van der Waals surface area contributed by atoms with Crippen molar-refractivity contribution in [3.8, 4) is 0 Å². The first-order valence-corrected chi connectivity index (χ1v) is 7.34. The second-order valence-corrected chi connectivity index (χ2v) is 5.55. The predicted octanol–water partition coefficient (Wildman–Crippen LogP) is 2.01. The third-order valence-corrected chi connectivity index (χ3v) is 3.53. The maximum atomic E-state index is 12.0. The zero-order chi connectivity index (χ0) is 14.7. The minimum Gasteiger partial charge on any atom is -0.374 e. The molecule has 5 nitrogen and oxygen atoms in total. The minimum atomic E-state index is -0.231. The average Bonchev–Trinajstić information content (AvgIpc) is 3.13. The lowest BCUT2D eigenvalue weighted by atomic mass is 10.2. The summed E-state index contributed by atoms with van der Waals surface area (Å²) in [5, 5.41) is 10.5. The molecule has 1 aliphatic carbocycles. The normalized spacial score (nSPS) is 15.5. The van der Waals surface area contributed by atoms with Crippen molar-refractivity contribution in [3.05, 3.63) is 48.3 Å². The van der Waals surface area contributed by atoms with Gasteiger partial charge in [0.15, 0.2) is 0 Å². The largest absolute Gasteiger partial charge is 0.374 e. The first kappa shape index (κ1) is 13.7. The molecule has 5 heteroatoms. The number of amides is 1. The van der Waals surface area contributed by atoms with E-state index in [0.29, 0.717) is 6.04 Å². The number of rotatable bonds is 6. The lowest BCUT2D eigenvalue weighted by Crippen LogP contribution is -2.38. The van der Waals surface area contributed by atoms with Crippen molar-refractivity contribution < 1.29 is 4.79 Å². The Morgan fingerprint density at radius 1 is 1.43 bits per heavy atom.